The summed E-state index contributed by atoms with van der Waals surface area (Å²) in [4.78, 5) is 6.67. The third kappa shape index (κ3) is 2.77. The van der Waals surface area contributed by atoms with Gasteiger partial charge in [-0.3, -0.25) is 0 Å². The summed E-state index contributed by atoms with van der Waals surface area (Å²) in [6.07, 6.45) is 6.19. The molecule has 0 amide bonds. The average molecular weight is 380 g/mol. The van der Waals surface area contributed by atoms with Crippen molar-refractivity contribution < 1.29 is 8.98 Å². The van der Waals surface area contributed by atoms with Crippen molar-refractivity contribution in [1.82, 2.24) is 9.79 Å². The van der Waals surface area contributed by atoms with Crippen LogP contribution < -0.4 is 20.8 Å². The van der Waals surface area contributed by atoms with E-state index in [1.807, 2.05) is 6.07 Å². The van der Waals surface area contributed by atoms with Gasteiger partial charge >= 0.3 is 6.85 Å². The molecule has 4 nitrogen and oxygen atoms in total. The summed E-state index contributed by atoms with van der Waals surface area (Å²) in [7, 11) is 4.25. The monoisotopic (exact) mass is 380 g/mol. The first kappa shape index (κ1) is 17.7. The Labute approximate surface area is 170 Å². The van der Waals surface area contributed by atoms with Crippen molar-refractivity contribution in [3.05, 3.63) is 77.1 Å². The van der Waals surface area contributed by atoms with Crippen LogP contribution in [0, 0.1) is 6.92 Å². The molecule has 1 aromatic carbocycles. The molecule has 0 aliphatic carbocycles. The fourth-order valence-electron chi connectivity index (χ4n) is 4.47. The van der Waals surface area contributed by atoms with Crippen molar-refractivity contribution in [2.45, 2.75) is 13.8 Å². The zero-order valence-corrected chi connectivity index (χ0v) is 17.2. The lowest BCUT2D eigenvalue weighted by Gasteiger charge is -2.24. The third-order valence-electron chi connectivity index (χ3n) is 5.90. The van der Waals surface area contributed by atoms with Gasteiger partial charge in [0.25, 0.3) is 0 Å². The van der Waals surface area contributed by atoms with Gasteiger partial charge in [-0.25, -0.2) is 9.55 Å². The summed E-state index contributed by atoms with van der Waals surface area (Å²) in [6, 6.07) is 16.9. The van der Waals surface area contributed by atoms with Gasteiger partial charge in [0, 0.05) is 28.4 Å². The number of hydrogen-bond acceptors (Lipinski definition) is 3. The van der Waals surface area contributed by atoms with Crippen molar-refractivity contribution in [1.29, 1.82) is 0 Å². The maximum atomic E-state index is 6.15. The molecule has 142 valence electrons. The predicted octanol–water partition coefficient (Wildman–Crippen LogP) is 1.92. The van der Waals surface area contributed by atoms with Crippen LogP contribution in [0.4, 0.5) is 0 Å². The van der Waals surface area contributed by atoms with E-state index < -0.39 is 0 Å². The van der Waals surface area contributed by atoms with Crippen LogP contribution in [-0.2, 0) is 7.05 Å². The second-order valence-electron chi connectivity index (χ2n) is 7.85. The number of benzene rings is 1. The summed E-state index contributed by atoms with van der Waals surface area (Å²) in [5.74, 6) is 0. The van der Waals surface area contributed by atoms with Gasteiger partial charge in [0.05, 0.1) is 0 Å². The first-order chi connectivity index (χ1) is 14.0. The first-order valence-electron chi connectivity index (χ1n) is 9.88. The number of nitrogens with zero attached hydrogens (tertiary/aromatic N) is 3. The first-order valence-corrected chi connectivity index (χ1v) is 9.88. The Morgan fingerprint density at radius 1 is 1.07 bits per heavy atom. The zero-order valence-electron chi connectivity index (χ0n) is 17.2. The highest BCUT2D eigenvalue weighted by atomic mass is 16.3. The molecule has 4 aromatic rings. The standard InChI is InChI=1S/C24H23BN3O/c1-16-13-22(27(3)14-20(16)18-9-6-5-7-10-18)25-17(2)23-21(15-28(25)4)19-11-8-12-26-24(19)29-23/h5-15H,1-4H3/q+1. The van der Waals surface area contributed by atoms with Gasteiger partial charge in [-0.15, -0.1) is 0 Å². The van der Waals surface area contributed by atoms with Crippen LogP contribution in [0.3, 0.4) is 0 Å². The van der Waals surface area contributed by atoms with Crippen LogP contribution >= 0.6 is 0 Å². The van der Waals surface area contributed by atoms with E-state index in [2.05, 4.69) is 97.2 Å². The molecule has 0 N–H and O–H groups in total. The van der Waals surface area contributed by atoms with Crippen LogP contribution in [0.2, 0.25) is 0 Å². The molecular weight excluding hydrogens is 357 g/mol. The largest absolute Gasteiger partial charge is 0.438 e. The topological polar surface area (TPSA) is 33.2 Å². The molecule has 0 atom stereocenters. The third-order valence-corrected chi connectivity index (χ3v) is 5.90. The summed E-state index contributed by atoms with van der Waals surface area (Å²) >= 11 is 0. The molecule has 0 fully saturated rings. The Hall–Kier alpha value is -3.34. The molecular formula is C24H23BN3O+. The van der Waals surface area contributed by atoms with E-state index in [1.165, 1.54) is 27.8 Å². The normalized spacial score (nSPS) is 13.6. The summed E-state index contributed by atoms with van der Waals surface area (Å²) < 4.78 is 8.39. The minimum atomic E-state index is 0.108. The average Bonchev–Trinajstić information content (AvgIpc) is 3.10. The molecule has 1 aliphatic heterocycles. The van der Waals surface area contributed by atoms with Crippen molar-refractivity contribution in [2.75, 3.05) is 7.05 Å². The van der Waals surface area contributed by atoms with Crippen LogP contribution in [-0.4, -0.2) is 23.7 Å². The highest BCUT2D eigenvalue weighted by molar-refractivity contribution is 6.85. The minimum Gasteiger partial charge on any atom is -0.438 e. The highest BCUT2D eigenvalue weighted by Crippen LogP contribution is 2.21. The van der Waals surface area contributed by atoms with E-state index >= 15 is 0 Å². The molecule has 3 aromatic heterocycles. The van der Waals surface area contributed by atoms with Gasteiger partial charge in [0.1, 0.15) is 12.5 Å². The van der Waals surface area contributed by atoms with E-state index in [-0.39, 0.29) is 6.85 Å². The number of aromatic nitrogens is 2. The van der Waals surface area contributed by atoms with Gasteiger partial charge in [-0.05, 0) is 55.8 Å². The molecule has 0 unspecified atom stereocenters. The fraction of sp³-hybridized carbons (Fsp3) is 0.167. The second kappa shape index (κ2) is 6.62. The number of fused-ring (bicyclic) bond motifs is 3. The molecule has 0 saturated heterocycles. The van der Waals surface area contributed by atoms with Crippen molar-refractivity contribution >= 4 is 35.2 Å². The van der Waals surface area contributed by atoms with Gasteiger partial charge in [-0.1, -0.05) is 30.3 Å². The van der Waals surface area contributed by atoms with Crippen LogP contribution in [0.15, 0.2) is 65.3 Å². The summed E-state index contributed by atoms with van der Waals surface area (Å²) in [6.45, 7) is 4.46. The van der Waals surface area contributed by atoms with Crippen molar-refractivity contribution in [3.8, 4) is 11.1 Å². The molecule has 29 heavy (non-hydrogen) atoms. The lowest BCUT2D eigenvalue weighted by Crippen LogP contribution is -2.62. The fourth-order valence-corrected chi connectivity index (χ4v) is 4.47. The van der Waals surface area contributed by atoms with E-state index in [0.717, 1.165) is 16.0 Å². The Balaban J connectivity index is 1.69. The van der Waals surface area contributed by atoms with Crippen molar-refractivity contribution in [3.63, 3.8) is 0 Å². The van der Waals surface area contributed by atoms with Crippen LogP contribution in [0.1, 0.15) is 12.5 Å². The molecule has 0 saturated carbocycles. The molecule has 0 radical (unpaired) electrons. The SMILES string of the molecule is CC1=c2oc3ncccc3c2=CN(C)B1c1cc(C)c(-c2ccccc2)c[n+]1C. The second-order valence-corrected chi connectivity index (χ2v) is 7.85. The van der Waals surface area contributed by atoms with Crippen LogP contribution in [0.25, 0.3) is 33.9 Å². The van der Waals surface area contributed by atoms with Crippen LogP contribution in [0.5, 0.6) is 0 Å². The van der Waals surface area contributed by atoms with Gasteiger partial charge in [-0.2, -0.15) is 0 Å². The Morgan fingerprint density at radius 3 is 2.66 bits per heavy atom. The van der Waals surface area contributed by atoms with E-state index in [4.69, 9.17) is 4.42 Å². The molecule has 0 bridgehead atoms. The predicted molar refractivity (Wildman–Crippen MR) is 118 cm³/mol. The van der Waals surface area contributed by atoms with E-state index in [1.54, 1.807) is 6.20 Å². The van der Waals surface area contributed by atoms with E-state index in [0.29, 0.717) is 5.71 Å². The highest BCUT2D eigenvalue weighted by Gasteiger charge is 2.36. The molecule has 5 heteroatoms. The number of rotatable bonds is 2. The van der Waals surface area contributed by atoms with E-state index in [9.17, 15) is 0 Å². The Kier molecular flexibility index (Phi) is 4.05. The number of furan rings is 1. The quantitative estimate of drug-likeness (QED) is 0.394. The zero-order chi connectivity index (χ0) is 20.1. The minimum absolute atomic E-state index is 0.108. The lowest BCUT2D eigenvalue weighted by molar-refractivity contribution is -0.653. The lowest BCUT2D eigenvalue weighted by atomic mass is 9.50. The number of pyridine rings is 2. The maximum absolute atomic E-state index is 6.15. The van der Waals surface area contributed by atoms with Gasteiger partial charge in [0.15, 0.2) is 11.8 Å². The van der Waals surface area contributed by atoms with Gasteiger partial charge in [0.2, 0.25) is 5.71 Å². The smallest absolute Gasteiger partial charge is 0.402 e. The summed E-state index contributed by atoms with van der Waals surface area (Å²) in [5.41, 5.74) is 7.83. The molecule has 1 aliphatic rings. The Bertz CT molecular complexity index is 1360. The van der Waals surface area contributed by atoms with Gasteiger partial charge < -0.3 is 9.23 Å². The summed E-state index contributed by atoms with van der Waals surface area (Å²) in [5, 5.41) is 2.18. The maximum Gasteiger partial charge on any atom is 0.402 e. The number of hydrogen-bond donors (Lipinski definition) is 0. The number of aryl methyl sites for hydroxylation is 2. The molecule has 4 heterocycles. The Morgan fingerprint density at radius 2 is 1.86 bits per heavy atom. The molecule has 0 spiro atoms. The molecule has 5 rings (SSSR count). The van der Waals surface area contributed by atoms with Crippen molar-refractivity contribution in [2.24, 2.45) is 7.05 Å².